The van der Waals surface area contributed by atoms with Crippen LogP contribution < -0.4 is 15.4 Å². The maximum atomic E-state index is 6.20. The lowest BCUT2D eigenvalue weighted by atomic mass is 9.99. The number of aryl methyl sites for hydroxylation is 1. The Bertz CT molecular complexity index is 777. The summed E-state index contributed by atoms with van der Waals surface area (Å²) in [5, 5.41) is 4.33. The minimum absolute atomic E-state index is 0.655. The summed E-state index contributed by atoms with van der Waals surface area (Å²) < 4.78 is 12.8. The van der Waals surface area contributed by atoms with E-state index in [2.05, 4.69) is 21.0 Å². The lowest BCUT2D eigenvalue weighted by Crippen LogP contribution is -2.49. The molecular weight excluding hydrogens is 342 g/mol. The quantitative estimate of drug-likeness (QED) is 0.829. The first-order valence-corrected chi connectivity index (χ1v) is 9.69. The number of anilines is 2. The minimum atomic E-state index is 0.655. The lowest BCUT2D eigenvalue weighted by Gasteiger charge is -2.41. The number of rotatable bonds is 4. The Kier molecular flexibility index (Phi) is 5.22. The summed E-state index contributed by atoms with van der Waals surface area (Å²) in [5.74, 6) is 0.730. The number of hydrogen-bond donors (Lipinski definition) is 1. The highest BCUT2D eigenvalue weighted by molar-refractivity contribution is 5.83. The molecule has 146 valence electrons. The van der Waals surface area contributed by atoms with Crippen LogP contribution in [0.25, 0.3) is 11.1 Å². The molecule has 0 amide bonds. The van der Waals surface area contributed by atoms with Gasteiger partial charge in [0.15, 0.2) is 0 Å². The van der Waals surface area contributed by atoms with Crippen LogP contribution in [0, 0.1) is 0 Å². The zero-order chi connectivity index (χ0) is 18.8. The molecule has 2 aromatic rings. The van der Waals surface area contributed by atoms with Crippen molar-refractivity contribution in [2.75, 3.05) is 57.1 Å². The summed E-state index contributed by atoms with van der Waals surface area (Å²) in [6.07, 6.45) is 6.26. The average Bonchev–Trinajstić information content (AvgIpc) is 3.15. The van der Waals surface area contributed by atoms with Gasteiger partial charge in [-0.15, -0.1) is 0 Å². The molecule has 0 spiro atoms. The number of ether oxygens (including phenoxy) is 2. The fourth-order valence-electron chi connectivity index (χ4n) is 4.23. The number of piperidine rings is 1. The number of benzene rings is 1. The van der Waals surface area contributed by atoms with Crippen LogP contribution in [0.4, 0.5) is 11.4 Å². The number of nitrogens with two attached hydrogens (primary N) is 1. The second kappa shape index (κ2) is 7.78. The summed E-state index contributed by atoms with van der Waals surface area (Å²) in [7, 11) is 3.60. The first kappa shape index (κ1) is 18.1. The van der Waals surface area contributed by atoms with Crippen LogP contribution in [0.2, 0.25) is 0 Å². The van der Waals surface area contributed by atoms with E-state index in [1.54, 1.807) is 7.11 Å². The molecule has 27 heavy (non-hydrogen) atoms. The van der Waals surface area contributed by atoms with Crippen molar-refractivity contribution in [2.24, 2.45) is 7.05 Å². The number of hydrogen-bond acceptors (Lipinski definition) is 6. The van der Waals surface area contributed by atoms with E-state index in [9.17, 15) is 0 Å². The first-order chi connectivity index (χ1) is 13.2. The molecule has 4 rings (SSSR count). The van der Waals surface area contributed by atoms with Crippen LogP contribution in [0.15, 0.2) is 24.5 Å². The minimum Gasteiger partial charge on any atom is -0.495 e. The normalized spacial score (nSPS) is 19.4. The zero-order valence-electron chi connectivity index (χ0n) is 16.2. The second-order valence-electron chi connectivity index (χ2n) is 7.38. The monoisotopic (exact) mass is 371 g/mol. The van der Waals surface area contributed by atoms with Crippen LogP contribution in [0.1, 0.15) is 12.8 Å². The molecule has 0 saturated carbocycles. The van der Waals surface area contributed by atoms with E-state index in [1.807, 2.05) is 30.2 Å². The van der Waals surface area contributed by atoms with E-state index in [0.717, 1.165) is 56.3 Å². The topological polar surface area (TPSA) is 68.8 Å². The van der Waals surface area contributed by atoms with Gasteiger partial charge in [-0.25, -0.2) is 0 Å². The Morgan fingerprint density at radius 2 is 1.89 bits per heavy atom. The van der Waals surface area contributed by atoms with Gasteiger partial charge in [-0.05, 0) is 18.9 Å². The molecule has 1 aromatic carbocycles. The molecule has 0 bridgehead atoms. The van der Waals surface area contributed by atoms with E-state index in [4.69, 9.17) is 15.2 Å². The largest absolute Gasteiger partial charge is 0.495 e. The number of morpholine rings is 1. The van der Waals surface area contributed by atoms with Gasteiger partial charge < -0.3 is 20.1 Å². The smallest absolute Gasteiger partial charge is 0.143 e. The summed E-state index contributed by atoms with van der Waals surface area (Å²) in [5.41, 5.74) is 10.2. The van der Waals surface area contributed by atoms with Crippen LogP contribution >= 0.6 is 0 Å². The number of nitrogen functional groups attached to an aromatic ring is 1. The van der Waals surface area contributed by atoms with E-state index < -0.39 is 0 Å². The summed E-state index contributed by atoms with van der Waals surface area (Å²) in [6.45, 7) is 5.90. The maximum Gasteiger partial charge on any atom is 0.143 e. The SMILES string of the molecule is COc1cc(N2CCC(N3CCOCC3)CC2)c(-c2cnn(C)c2)cc1N. The van der Waals surface area contributed by atoms with Gasteiger partial charge in [-0.1, -0.05) is 0 Å². The van der Waals surface area contributed by atoms with Gasteiger partial charge in [0.05, 0.1) is 32.2 Å². The summed E-state index contributed by atoms with van der Waals surface area (Å²) in [6, 6.07) is 4.74. The molecule has 0 radical (unpaired) electrons. The van der Waals surface area contributed by atoms with E-state index in [-0.39, 0.29) is 0 Å². The molecule has 0 atom stereocenters. The highest BCUT2D eigenvalue weighted by Crippen LogP contribution is 2.39. The third-order valence-electron chi connectivity index (χ3n) is 5.73. The second-order valence-corrected chi connectivity index (χ2v) is 7.38. The van der Waals surface area contributed by atoms with Gasteiger partial charge in [-0.3, -0.25) is 9.58 Å². The number of methoxy groups -OCH3 is 1. The molecule has 2 aliphatic rings. The fourth-order valence-corrected chi connectivity index (χ4v) is 4.23. The average molecular weight is 371 g/mol. The van der Waals surface area contributed by atoms with Gasteiger partial charge in [0.2, 0.25) is 0 Å². The van der Waals surface area contributed by atoms with Crippen LogP contribution in [0.3, 0.4) is 0 Å². The van der Waals surface area contributed by atoms with Gasteiger partial charge in [-0.2, -0.15) is 5.10 Å². The highest BCUT2D eigenvalue weighted by Gasteiger charge is 2.27. The Morgan fingerprint density at radius 3 is 2.52 bits per heavy atom. The molecule has 2 N–H and O–H groups in total. The Balaban J connectivity index is 1.57. The summed E-state index contributed by atoms with van der Waals surface area (Å²) in [4.78, 5) is 5.05. The van der Waals surface area contributed by atoms with Crippen LogP contribution in [0.5, 0.6) is 5.75 Å². The zero-order valence-corrected chi connectivity index (χ0v) is 16.2. The van der Waals surface area contributed by atoms with E-state index in [1.165, 1.54) is 18.5 Å². The Hall–Kier alpha value is -2.25. The molecule has 2 aliphatic heterocycles. The Labute approximate surface area is 160 Å². The van der Waals surface area contributed by atoms with Crippen molar-refractivity contribution in [1.29, 1.82) is 0 Å². The van der Waals surface area contributed by atoms with Gasteiger partial charge in [0.1, 0.15) is 5.75 Å². The van der Waals surface area contributed by atoms with Crippen molar-refractivity contribution < 1.29 is 9.47 Å². The molecular formula is C20H29N5O2. The van der Waals surface area contributed by atoms with Crippen molar-refractivity contribution in [2.45, 2.75) is 18.9 Å². The lowest BCUT2D eigenvalue weighted by molar-refractivity contribution is 0.0115. The molecule has 0 unspecified atom stereocenters. The first-order valence-electron chi connectivity index (χ1n) is 9.69. The standard InChI is InChI=1S/C20H29N5O2/c1-23-14-15(13-22-23)17-11-18(21)20(26-2)12-19(17)25-5-3-16(4-6-25)24-7-9-27-10-8-24/h11-14,16H,3-10,21H2,1-2H3. The predicted octanol–water partition coefficient (Wildman–Crippen LogP) is 1.98. The van der Waals surface area contributed by atoms with Gasteiger partial charge in [0.25, 0.3) is 0 Å². The highest BCUT2D eigenvalue weighted by atomic mass is 16.5. The third-order valence-corrected chi connectivity index (χ3v) is 5.73. The number of nitrogens with zero attached hydrogens (tertiary/aromatic N) is 4. The van der Waals surface area contributed by atoms with Crippen LogP contribution in [-0.4, -0.2) is 67.2 Å². The van der Waals surface area contributed by atoms with Crippen molar-refractivity contribution in [1.82, 2.24) is 14.7 Å². The molecule has 7 heteroatoms. The third kappa shape index (κ3) is 3.75. The molecule has 1 aromatic heterocycles. The molecule has 0 aliphatic carbocycles. The molecule has 7 nitrogen and oxygen atoms in total. The molecule has 2 saturated heterocycles. The van der Waals surface area contributed by atoms with Gasteiger partial charge in [0, 0.05) is 68.3 Å². The van der Waals surface area contributed by atoms with Gasteiger partial charge >= 0.3 is 0 Å². The molecule has 3 heterocycles. The number of aromatic nitrogens is 2. The maximum absolute atomic E-state index is 6.20. The van der Waals surface area contributed by atoms with E-state index >= 15 is 0 Å². The van der Waals surface area contributed by atoms with Crippen LogP contribution in [-0.2, 0) is 11.8 Å². The van der Waals surface area contributed by atoms with Crippen molar-refractivity contribution in [3.8, 4) is 16.9 Å². The fraction of sp³-hybridized carbons (Fsp3) is 0.550. The Morgan fingerprint density at radius 1 is 1.15 bits per heavy atom. The predicted molar refractivity (Wildman–Crippen MR) is 107 cm³/mol. The van der Waals surface area contributed by atoms with Crippen molar-refractivity contribution >= 4 is 11.4 Å². The van der Waals surface area contributed by atoms with Crippen molar-refractivity contribution in [3.63, 3.8) is 0 Å². The summed E-state index contributed by atoms with van der Waals surface area (Å²) >= 11 is 0. The van der Waals surface area contributed by atoms with Crippen molar-refractivity contribution in [3.05, 3.63) is 24.5 Å². The van der Waals surface area contributed by atoms with E-state index in [0.29, 0.717) is 11.7 Å². The molecule has 2 fully saturated rings.